The second-order valence-electron chi connectivity index (χ2n) is 9.06. The molecule has 4 aromatic rings. The van der Waals surface area contributed by atoms with E-state index in [1.165, 1.54) is 27.4 Å². The van der Waals surface area contributed by atoms with Crippen LogP contribution < -0.4 is 4.90 Å². The largest absolute Gasteiger partial charge is 0.285 e. The number of aryl methyl sites for hydroxylation is 2. The maximum Gasteiger partial charge on any atom is 0.253 e. The number of rotatable bonds is 7. The van der Waals surface area contributed by atoms with Crippen LogP contribution in [0.1, 0.15) is 30.7 Å². The van der Waals surface area contributed by atoms with E-state index in [0.717, 1.165) is 40.1 Å². The van der Waals surface area contributed by atoms with Crippen molar-refractivity contribution in [2.45, 2.75) is 49.9 Å². The summed E-state index contributed by atoms with van der Waals surface area (Å²) >= 11 is 7.92. The molecule has 8 nitrogen and oxygen atoms in total. The van der Waals surface area contributed by atoms with Crippen LogP contribution in [0.3, 0.4) is 0 Å². The molecule has 0 bridgehead atoms. The monoisotopic (exact) mass is 599 g/mol. The van der Waals surface area contributed by atoms with Gasteiger partial charge >= 0.3 is 0 Å². The van der Waals surface area contributed by atoms with Gasteiger partial charge < -0.3 is 0 Å². The number of fused-ring (bicyclic) bond motifs is 1. The zero-order valence-electron chi connectivity index (χ0n) is 20.5. The molecule has 0 N–H and O–H groups in total. The van der Waals surface area contributed by atoms with Crippen LogP contribution in [0.5, 0.6) is 0 Å². The first-order valence-electron chi connectivity index (χ1n) is 11.9. The lowest BCUT2D eigenvalue weighted by Crippen LogP contribution is -2.53. The SMILES string of the molecule is Cc1cc(C)n(CCN(C(=O)C2CCCCN2S(=O)(=O)c2ccc(Cl)s2)c2nc3c(F)cc(F)cc3s2)n1. The van der Waals surface area contributed by atoms with Crippen LogP contribution in [0, 0.1) is 25.5 Å². The molecular formula is C24H24ClF2N5O3S3. The normalized spacial score (nSPS) is 16.8. The molecule has 1 atom stereocenters. The van der Waals surface area contributed by atoms with E-state index in [4.69, 9.17) is 11.6 Å². The zero-order chi connectivity index (χ0) is 27.2. The Bertz CT molecular complexity index is 1620. The number of hydrogen-bond acceptors (Lipinski definition) is 7. The first-order chi connectivity index (χ1) is 18.0. The van der Waals surface area contributed by atoms with Gasteiger partial charge in [-0.2, -0.15) is 9.40 Å². The number of halogens is 3. The summed E-state index contributed by atoms with van der Waals surface area (Å²) in [4.78, 5) is 19.8. The van der Waals surface area contributed by atoms with Crippen molar-refractivity contribution in [3.05, 3.63) is 57.7 Å². The molecule has 202 valence electrons. The van der Waals surface area contributed by atoms with Crippen LogP contribution in [0.25, 0.3) is 10.2 Å². The lowest BCUT2D eigenvalue weighted by atomic mass is 10.0. The summed E-state index contributed by atoms with van der Waals surface area (Å²) in [5, 5.41) is 4.61. The van der Waals surface area contributed by atoms with Crippen LogP contribution in [-0.4, -0.2) is 52.5 Å². The quantitative estimate of drug-likeness (QED) is 0.285. The highest BCUT2D eigenvalue weighted by atomic mass is 35.5. The van der Waals surface area contributed by atoms with Crippen LogP contribution in [-0.2, 0) is 21.4 Å². The van der Waals surface area contributed by atoms with Gasteiger partial charge in [0.2, 0.25) is 5.91 Å². The highest BCUT2D eigenvalue weighted by Crippen LogP contribution is 2.35. The summed E-state index contributed by atoms with van der Waals surface area (Å²) in [6.07, 6.45) is 1.60. The molecule has 1 unspecified atom stereocenters. The number of piperidine rings is 1. The first kappa shape index (κ1) is 27.1. The van der Waals surface area contributed by atoms with E-state index in [1.807, 2.05) is 19.9 Å². The number of amides is 1. The summed E-state index contributed by atoms with van der Waals surface area (Å²) in [5.74, 6) is -2.05. The van der Waals surface area contributed by atoms with Gasteiger partial charge in [0.25, 0.3) is 10.0 Å². The molecule has 4 heterocycles. The van der Waals surface area contributed by atoms with Gasteiger partial charge in [0.1, 0.15) is 21.6 Å². The Hall–Kier alpha value is -2.45. The predicted octanol–water partition coefficient (Wildman–Crippen LogP) is 5.38. The molecule has 1 saturated heterocycles. The Morgan fingerprint density at radius 1 is 1.18 bits per heavy atom. The standard InChI is InChI=1S/C24H24ClF2N5O3S3/c1-14-11-15(2)31(29-14)10-9-30(24-28-22-17(27)12-16(26)13-19(22)36-24)23(33)18-5-3-4-8-32(18)38(34,35)21-7-6-20(25)37-21/h6-7,11-13,18H,3-5,8-10H2,1-2H3. The molecule has 0 radical (unpaired) electrons. The molecule has 1 aliphatic heterocycles. The van der Waals surface area contributed by atoms with E-state index < -0.39 is 33.6 Å². The van der Waals surface area contributed by atoms with Gasteiger partial charge in [0.15, 0.2) is 10.9 Å². The van der Waals surface area contributed by atoms with Gasteiger partial charge in [-0.25, -0.2) is 22.2 Å². The van der Waals surface area contributed by atoms with Crippen LogP contribution in [0.2, 0.25) is 4.34 Å². The number of hydrogen-bond donors (Lipinski definition) is 0. The highest BCUT2D eigenvalue weighted by Gasteiger charge is 2.41. The number of thiophene rings is 1. The lowest BCUT2D eigenvalue weighted by molar-refractivity contribution is -0.123. The van der Waals surface area contributed by atoms with Crippen molar-refractivity contribution in [1.29, 1.82) is 0 Å². The van der Waals surface area contributed by atoms with Gasteiger partial charge in [-0.05, 0) is 51.0 Å². The Balaban J connectivity index is 1.53. The number of thiazole rings is 1. The van der Waals surface area contributed by atoms with Crippen LogP contribution in [0.15, 0.2) is 34.5 Å². The van der Waals surface area contributed by atoms with Gasteiger partial charge in [0.05, 0.1) is 21.3 Å². The second-order valence-corrected chi connectivity index (χ2v) is 13.9. The highest BCUT2D eigenvalue weighted by molar-refractivity contribution is 7.91. The Morgan fingerprint density at radius 3 is 2.66 bits per heavy atom. The van der Waals surface area contributed by atoms with Crippen molar-refractivity contribution in [1.82, 2.24) is 19.1 Å². The van der Waals surface area contributed by atoms with Crippen molar-refractivity contribution in [2.24, 2.45) is 0 Å². The zero-order valence-corrected chi connectivity index (χ0v) is 23.7. The average Bonchev–Trinajstić information content (AvgIpc) is 3.57. The third-order valence-electron chi connectivity index (χ3n) is 6.39. The number of carbonyl (C=O) groups is 1. The second kappa shape index (κ2) is 10.6. The molecule has 1 aliphatic rings. The van der Waals surface area contributed by atoms with E-state index in [2.05, 4.69) is 10.1 Å². The molecule has 0 spiro atoms. The maximum absolute atomic E-state index is 14.5. The lowest BCUT2D eigenvalue weighted by Gasteiger charge is -2.35. The Morgan fingerprint density at radius 2 is 1.97 bits per heavy atom. The molecule has 1 fully saturated rings. The maximum atomic E-state index is 14.5. The van der Waals surface area contributed by atoms with Crippen molar-refractivity contribution in [3.8, 4) is 0 Å². The third kappa shape index (κ3) is 5.22. The molecule has 1 amide bonds. The number of sulfonamides is 1. The fourth-order valence-corrected chi connectivity index (χ4v) is 8.93. The van der Waals surface area contributed by atoms with E-state index >= 15 is 0 Å². The summed E-state index contributed by atoms with van der Waals surface area (Å²) in [5.41, 5.74) is 1.66. The third-order valence-corrected chi connectivity index (χ3v) is 11.0. The number of benzene rings is 1. The van der Waals surface area contributed by atoms with Gasteiger partial charge in [-0.3, -0.25) is 14.4 Å². The molecule has 0 aliphatic carbocycles. The number of anilines is 1. The fraction of sp³-hybridized carbons (Fsp3) is 0.375. The minimum atomic E-state index is -3.98. The summed E-state index contributed by atoms with van der Waals surface area (Å²) in [6.45, 7) is 4.35. The molecular weight excluding hydrogens is 576 g/mol. The summed E-state index contributed by atoms with van der Waals surface area (Å²) < 4.78 is 59.0. The predicted molar refractivity (Wildman–Crippen MR) is 144 cm³/mol. The van der Waals surface area contributed by atoms with E-state index in [0.29, 0.717) is 30.1 Å². The fourth-order valence-electron chi connectivity index (χ4n) is 4.63. The first-order valence-corrected chi connectivity index (χ1v) is 15.3. The van der Waals surface area contributed by atoms with Crippen molar-refractivity contribution >= 4 is 65.6 Å². The number of carbonyl (C=O) groups excluding carboxylic acids is 1. The van der Waals surface area contributed by atoms with Gasteiger partial charge in [0, 0.05) is 24.8 Å². The molecule has 3 aromatic heterocycles. The minimum absolute atomic E-state index is 0.0448. The average molecular weight is 600 g/mol. The molecule has 5 rings (SSSR count). The van der Waals surface area contributed by atoms with Crippen molar-refractivity contribution in [3.63, 3.8) is 0 Å². The van der Waals surface area contributed by atoms with Crippen LogP contribution >= 0.6 is 34.3 Å². The Kier molecular flexibility index (Phi) is 7.57. The van der Waals surface area contributed by atoms with E-state index in [1.54, 1.807) is 4.68 Å². The molecule has 0 saturated carbocycles. The van der Waals surface area contributed by atoms with Crippen LogP contribution in [0.4, 0.5) is 13.9 Å². The summed E-state index contributed by atoms with van der Waals surface area (Å²) in [6, 6.07) is 5.78. The number of aromatic nitrogens is 3. The summed E-state index contributed by atoms with van der Waals surface area (Å²) in [7, 11) is -3.98. The minimum Gasteiger partial charge on any atom is -0.285 e. The molecule has 38 heavy (non-hydrogen) atoms. The smallest absolute Gasteiger partial charge is 0.253 e. The molecule has 1 aromatic carbocycles. The number of nitrogens with zero attached hydrogens (tertiary/aromatic N) is 5. The van der Waals surface area contributed by atoms with Crippen molar-refractivity contribution < 1.29 is 22.0 Å². The molecule has 14 heteroatoms. The van der Waals surface area contributed by atoms with Gasteiger partial charge in [-0.15, -0.1) is 11.3 Å². The van der Waals surface area contributed by atoms with E-state index in [-0.39, 0.29) is 32.6 Å². The van der Waals surface area contributed by atoms with E-state index in [9.17, 15) is 22.0 Å². The topological polar surface area (TPSA) is 88.4 Å². The van der Waals surface area contributed by atoms with Crippen molar-refractivity contribution in [2.75, 3.05) is 18.0 Å². The van der Waals surface area contributed by atoms with Gasteiger partial charge in [-0.1, -0.05) is 29.4 Å². The Labute approximate surface area is 231 Å².